The molecule has 0 heterocycles. The molecule has 1 aliphatic carbocycles. The average molecular weight is 220 g/mol. The van der Waals surface area contributed by atoms with E-state index in [4.69, 9.17) is 10.6 Å². The number of hydrazine groups is 1. The van der Waals surface area contributed by atoms with E-state index in [0.29, 0.717) is 0 Å². The van der Waals surface area contributed by atoms with Crippen LogP contribution < -0.4 is 11.3 Å². The van der Waals surface area contributed by atoms with Gasteiger partial charge in [0.2, 0.25) is 0 Å². The minimum Gasteiger partial charge on any atom is -0.360 e. The number of nitrogens with two attached hydrogens (primary N) is 1. The Hall–Kier alpha value is -1.39. The van der Waals surface area contributed by atoms with E-state index in [2.05, 4.69) is 5.43 Å². The fourth-order valence-corrected chi connectivity index (χ4v) is 1.69. The molecular weight excluding hydrogens is 204 g/mol. The average Bonchev–Trinajstić information content (AvgIpc) is 2.28. The Kier molecular flexibility index (Phi) is 3.54. The van der Waals surface area contributed by atoms with Crippen molar-refractivity contribution in [3.63, 3.8) is 0 Å². The van der Waals surface area contributed by atoms with Gasteiger partial charge >= 0.3 is 0 Å². The fourth-order valence-electron chi connectivity index (χ4n) is 1.69. The second-order valence-corrected chi connectivity index (χ2v) is 3.99. The van der Waals surface area contributed by atoms with Crippen LogP contribution in [0.5, 0.6) is 0 Å². The predicted octanol–water partition coefficient (Wildman–Crippen LogP) is 1.29. The first kappa shape index (κ1) is 11.1. The van der Waals surface area contributed by atoms with Gasteiger partial charge in [-0.15, -0.1) is 0 Å². The number of nitrogens with one attached hydrogen (secondary N) is 1. The number of benzene rings is 1. The maximum absolute atomic E-state index is 11.6. The minimum atomic E-state index is -0.587. The Morgan fingerprint density at radius 2 is 2.06 bits per heavy atom. The molecule has 0 radical (unpaired) electrons. The maximum Gasteiger partial charge on any atom is 0.267 e. The first-order valence-corrected chi connectivity index (χ1v) is 5.52. The molecule has 4 heteroatoms. The minimum absolute atomic E-state index is 0.197. The van der Waals surface area contributed by atoms with Gasteiger partial charge in [0.05, 0.1) is 6.10 Å². The van der Waals surface area contributed by atoms with Crippen LogP contribution in [0.1, 0.15) is 30.9 Å². The standard InChI is InChI=1S/C12H16N2O2/c13-14-12(15)11(16-10-7-4-8-10)9-5-2-1-3-6-9/h1-3,5-6,10-11H,4,7-8,13H2,(H,14,15). The lowest BCUT2D eigenvalue weighted by atomic mass is 9.95. The van der Waals surface area contributed by atoms with E-state index in [1.807, 2.05) is 30.3 Å². The van der Waals surface area contributed by atoms with Crippen molar-refractivity contribution >= 4 is 5.91 Å². The van der Waals surface area contributed by atoms with E-state index in [-0.39, 0.29) is 12.0 Å². The number of ether oxygens (including phenoxy) is 1. The third-order valence-corrected chi connectivity index (χ3v) is 2.86. The molecule has 86 valence electrons. The van der Waals surface area contributed by atoms with E-state index in [1.54, 1.807) is 0 Å². The van der Waals surface area contributed by atoms with Gasteiger partial charge in [-0.3, -0.25) is 10.2 Å². The molecule has 0 saturated heterocycles. The smallest absolute Gasteiger partial charge is 0.267 e. The van der Waals surface area contributed by atoms with Gasteiger partial charge in [0.25, 0.3) is 5.91 Å². The summed E-state index contributed by atoms with van der Waals surface area (Å²) in [6.45, 7) is 0. The van der Waals surface area contributed by atoms with Crippen LogP contribution >= 0.6 is 0 Å². The number of amides is 1. The molecule has 3 N–H and O–H groups in total. The summed E-state index contributed by atoms with van der Waals surface area (Å²) < 4.78 is 5.73. The third-order valence-electron chi connectivity index (χ3n) is 2.86. The Morgan fingerprint density at radius 1 is 1.38 bits per heavy atom. The first-order valence-electron chi connectivity index (χ1n) is 5.52. The van der Waals surface area contributed by atoms with Gasteiger partial charge < -0.3 is 4.74 Å². The van der Waals surface area contributed by atoms with Crippen molar-refractivity contribution in [3.05, 3.63) is 35.9 Å². The number of carbonyl (C=O) groups excluding carboxylic acids is 1. The van der Waals surface area contributed by atoms with Crippen LogP contribution in [0.25, 0.3) is 0 Å². The van der Waals surface area contributed by atoms with Crippen LogP contribution in [0.15, 0.2) is 30.3 Å². The van der Waals surface area contributed by atoms with E-state index in [1.165, 1.54) is 6.42 Å². The molecule has 0 aromatic heterocycles. The highest BCUT2D eigenvalue weighted by Gasteiger charge is 2.27. The predicted molar refractivity (Wildman–Crippen MR) is 60.2 cm³/mol. The summed E-state index contributed by atoms with van der Waals surface area (Å²) in [5.41, 5.74) is 3.00. The normalized spacial score (nSPS) is 17.6. The Balaban J connectivity index is 2.10. The third kappa shape index (κ3) is 2.40. The van der Waals surface area contributed by atoms with Gasteiger partial charge in [0.15, 0.2) is 6.10 Å². The second kappa shape index (κ2) is 5.09. The lowest BCUT2D eigenvalue weighted by Gasteiger charge is -2.29. The highest BCUT2D eigenvalue weighted by molar-refractivity contribution is 5.81. The molecule has 0 aliphatic heterocycles. The summed E-state index contributed by atoms with van der Waals surface area (Å²) in [7, 11) is 0. The molecule has 0 bridgehead atoms. The summed E-state index contributed by atoms with van der Waals surface area (Å²) in [6.07, 6.45) is 2.85. The van der Waals surface area contributed by atoms with E-state index in [0.717, 1.165) is 18.4 Å². The van der Waals surface area contributed by atoms with Crippen LogP contribution in [-0.2, 0) is 9.53 Å². The molecule has 1 amide bonds. The van der Waals surface area contributed by atoms with Gasteiger partial charge in [0, 0.05) is 0 Å². The molecule has 1 aliphatic rings. The fraction of sp³-hybridized carbons (Fsp3) is 0.417. The maximum atomic E-state index is 11.6. The molecular formula is C12H16N2O2. The van der Waals surface area contributed by atoms with Gasteiger partial charge in [-0.1, -0.05) is 30.3 Å². The monoisotopic (exact) mass is 220 g/mol. The van der Waals surface area contributed by atoms with E-state index < -0.39 is 6.10 Å². The molecule has 1 saturated carbocycles. The van der Waals surface area contributed by atoms with Crippen molar-refractivity contribution in [1.29, 1.82) is 0 Å². The Bertz CT molecular complexity index is 349. The number of rotatable bonds is 4. The summed E-state index contributed by atoms with van der Waals surface area (Å²) in [5.74, 6) is 4.87. The number of carbonyl (C=O) groups is 1. The lowest BCUT2D eigenvalue weighted by molar-refractivity contribution is -0.141. The Labute approximate surface area is 94.8 Å². The summed E-state index contributed by atoms with van der Waals surface area (Å²) in [6, 6.07) is 9.42. The zero-order valence-corrected chi connectivity index (χ0v) is 9.06. The zero-order chi connectivity index (χ0) is 11.4. The topological polar surface area (TPSA) is 64.3 Å². The van der Waals surface area contributed by atoms with Crippen molar-refractivity contribution in [2.75, 3.05) is 0 Å². The van der Waals surface area contributed by atoms with E-state index >= 15 is 0 Å². The zero-order valence-electron chi connectivity index (χ0n) is 9.06. The molecule has 1 fully saturated rings. The number of hydrogen-bond donors (Lipinski definition) is 2. The van der Waals surface area contributed by atoms with E-state index in [9.17, 15) is 4.79 Å². The van der Waals surface area contributed by atoms with Crippen LogP contribution in [-0.4, -0.2) is 12.0 Å². The molecule has 1 atom stereocenters. The summed E-state index contributed by atoms with van der Waals surface area (Å²) in [5, 5.41) is 0. The van der Waals surface area contributed by atoms with Crippen LogP contribution in [0, 0.1) is 0 Å². The molecule has 2 rings (SSSR count). The van der Waals surface area contributed by atoms with Crippen LogP contribution in [0.4, 0.5) is 0 Å². The lowest BCUT2D eigenvalue weighted by Crippen LogP contribution is -2.38. The molecule has 1 aromatic rings. The largest absolute Gasteiger partial charge is 0.360 e. The van der Waals surface area contributed by atoms with Crippen molar-refractivity contribution < 1.29 is 9.53 Å². The molecule has 1 aromatic carbocycles. The van der Waals surface area contributed by atoms with Crippen molar-refractivity contribution in [3.8, 4) is 0 Å². The quantitative estimate of drug-likeness (QED) is 0.456. The van der Waals surface area contributed by atoms with Gasteiger partial charge in [-0.2, -0.15) is 0 Å². The van der Waals surface area contributed by atoms with Crippen LogP contribution in [0.3, 0.4) is 0 Å². The van der Waals surface area contributed by atoms with Gasteiger partial charge in [-0.25, -0.2) is 5.84 Å². The first-order chi connectivity index (χ1) is 7.81. The Morgan fingerprint density at radius 3 is 2.56 bits per heavy atom. The van der Waals surface area contributed by atoms with Crippen molar-refractivity contribution in [2.24, 2.45) is 5.84 Å². The molecule has 4 nitrogen and oxygen atoms in total. The second-order valence-electron chi connectivity index (χ2n) is 3.99. The molecule has 1 unspecified atom stereocenters. The van der Waals surface area contributed by atoms with Gasteiger partial charge in [-0.05, 0) is 24.8 Å². The molecule has 16 heavy (non-hydrogen) atoms. The van der Waals surface area contributed by atoms with Crippen molar-refractivity contribution in [2.45, 2.75) is 31.5 Å². The van der Waals surface area contributed by atoms with Crippen LogP contribution in [0.2, 0.25) is 0 Å². The highest BCUT2D eigenvalue weighted by Crippen LogP contribution is 2.28. The SMILES string of the molecule is NNC(=O)C(OC1CCC1)c1ccccc1. The summed E-state index contributed by atoms with van der Waals surface area (Å²) >= 11 is 0. The summed E-state index contributed by atoms with van der Waals surface area (Å²) in [4.78, 5) is 11.6. The highest BCUT2D eigenvalue weighted by atomic mass is 16.5. The number of hydrogen-bond acceptors (Lipinski definition) is 3. The van der Waals surface area contributed by atoms with Crippen molar-refractivity contribution in [1.82, 2.24) is 5.43 Å². The van der Waals surface area contributed by atoms with Gasteiger partial charge in [0.1, 0.15) is 0 Å². The molecule has 0 spiro atoms.